The molecule has 0 saturated heterocycles. The van der Waals surface area contributed by atoms with Crippen LogP contribution >= 0.6 is 0 Å². The first-order valence-corrected chi connectivity index (χ1v) is 17.0. The topological polar surface area (TPSA) is 168 Å². The quantitative estimate of drug-likeness (QED) is 0.160. The molecule has 5 atom stereocenters. The molecule has 12 heteroatoms. The Kier molecular flexibility index (Phi) is 14.5. The Bertz CT molecular complexity index is 1570. The van der Waals surface area contributed by atoms with Crippen molar-refractivity contribution in [2.75, 3.05) is 14.2 Å². The second-order valence-electron chi connectivity index (χ2n) is 14.8. The van der Waals surface area contributed by atoms with Gasteiger partial charge in [0.1, 0.15) is 12.1 Å². The number of carbonyl (C=O) groups is 4. The highest BCUT2D eigenvalue weighted by Gasteiger charge is 2.37. The molecule has 0 radical (unpaired) electrons. The maximum absolute atomic E-state index is 13.8. The smallest absolute Gasteiger partial charge is 0.407 e. The molecule has 0 saturated carbocycles. The van der Waals surface area contributed by atoms with Gasteiger partial charge in [0.25, 0.3) is 0 Å². The van der Waals surface area contributed by atoms with Crippen molar-refractivity contribution < 1.29 is 33.8 Å². The van der Waals surface area contributed by atoms with Crippen molar-refractivity contribution in [3.63, 3.8) is 0 Å². The van der Waals surface area contributed by atoms with Crippen molar-refractivity contribution in [3.8, 4) is 11.3 Å². The van der Waals surface area contributed by atoms with Gasteiger partial charge in [-0.2, -0.15) is 0 Å². The first kappa shape index (κ1) is 40.5. The number of nitrogens with zero attached hydrogens (tertiary/aromatic N) is 1. The van der Waals surface area contributed by atoms with Gasteiger partial charge in [0.05, 0.1) is 32.1 Å². The van der Waals surface area contributed by atoms with E-state index in [0.29, 0.717) is 6.42 Å². The van der Waals surface area contributed by atoms with Crippen LogP contribution < -0.4 is 21.3 Å². The molecule has 5 unspecified atom stereocenters. The first-order chi connectivity index (χ1) is 24.0. The highest BCUT2D eigenvalue weighted by atomic mass is 16.5. The van der Waals surface area contributed by atoms with Gasteiger partial charge in [-0.15, -0.1) is 0 Å². The highest BCUT2D eigenvalue weighted by Crippen LogP contribution is 2.24. The zero-order valence-corrected chi connectivity index (χ0v) is 30.9. The van der Waals surface area contributed by atoms with E-state index in [0.717, 1.165) is 22.4 Å². The van der Waals surface area contributed by atoms with Crippen molar-refractivity contribution >= 4 is 24.0 Å². The average Bonchev–Trinajstić information content (AvgIpc) is 3.08. The molecule has 0 fully saturated rings. The predicted octanol–water partition coefficient (Wildman–Crippen LogP) is 4.80. The number of alkyl carbamates (subject to hydrolysis) is 2. The van der Waals surface area contributed by atoms with Crippen LogP contribution in [0.3, 0.4) is 0 Å². The van der Waals surface area contributed by atoms with Crippen LogP contribution in [0.1, 0.15) is 59.1 Å². The third-order valence-corrected chi connectivity index (χ3v) is 8.51. The number of aromatic nitrogens is 1. The largest absolute Gasteiger partial charge is 0.453 e. The maximum Gasteiger partial charge on any atom is 0.407 e. The average molecular weight is 704 g/mol. The summed E-state index contributed by atoms with van der Waals surface area (Å²) >= 11 is 0. The molecule has 3 rings (SSSR count). The summed E-state index contributed by atoms with van der Waals surface area (Å²) in [6.45, 7) is 10.9. The van der Waals surface area contributed by atoms with E-state index in [-0.39, 0.29) is 12.8 Å². The van der Waals surface area contributed by atoms with E-state index in [9.17, 15) is 24.3 Å². The highest BCUT2D eigenvalue weighted by molar-refractivity contribution is 5.87. The second-order valence-corrected chi connectivity index (χ2v) is 14.8. The lowest BCUT2D eigenvalue weighted by Crippen LogP contribution is -2.59. The number of aliphatic hydroxyl groups is 1. The van der Waals surface area contributed by atoms with Crippen molar-refractivity contribution in [2.45, 2.75) is 91.1 Å². The maximum atomic E-state index is 13.8. The minimum atomic E-state index is -1.15. The number of benzene rings is 2. The summed E-state index contributed by atoms with van der Waals surface area (Å²) in [6, 6.07) is 19.5. The number of rotatable bonds is 14. The summed E-state index contributed by atoms with van der Waals surface area (Å²) in [5, 5.41) is 23.2. The van der Waals surface area contributed by atoms with Gasteiger partial charge in [-0.05, 0) is 53.4 Å². The van der Waals surface area contributed by atoms with Crippen molar-refractivity contribution in [3.05, 3.63) is 90.1 Å². The van der Waals surface area contributed by atoms with Crippen molar-refractivity contribution in [1.82, 2.24) is 26.3 Å². The number of nitrogens with one attached hydrogen (secondary N) is 4. The van der Waals surface area contributed by atoms with Crippen LogP contribution in [0.5, 0.6) is 0 Å². The SMILES string of the molecule is COC(=O)NC(C(=O)NC(Cc1ccc(-c2ccccn2)cc1)CC(O)C(Cc1ccccc1)NC(=O)C(NC(=O)OC)C(C)(C)C)C(C)(C)C. The fourth-order valence-electron chi connectivity index (χ4n) is 5.68. The number of hydrogen-bond donors (Lipinski definition) is 5. The van der Waals surface area contributed by atoms with Gasteiger partial charge in [0.2, 0.25) is 11.8 Å². The molecular weight excluding hydrogens is 650 g/mol. The number of hydrogen-bond acceptors (Lipinski definition) is 8. The van der Waals surface area contributed by atoms with E-state index in [1.807, 2.05) is 114 Å². The van der Waals surface area contributed by atoms with Crippen molar-refractivity contribution in [2.24, 2.45) is 10.8 Å². The van der Waals surface area contributed by atoms with Crippen LogP contribution in [0.4, 0.5) is 9.59 Å². The lowest BCUT2D eigenvalue weighted by Gasteiger charge is -2.34. The Morgan fingerprint density at radius 1 is 0.667 bits per heavy atom. The number of ether oxygens (including phenoxy) is 2. The molecule has 5 N–H and O–H groups in total. The van der Waals surface area contributed by atoms with E-state index in [1.165, 1.54) is 14.2 Å². The van der Waals surface area contributed by atoms with Crippen LogP contribution in [0.15, 0.2) is 79.0 Å². The monoisotopic (exact) mass is 703 g/mol. The molecule has 0 aliphatic heterocycles. The molecule has 276 valence electrons. The Morgan fingerprint density at radius 2 is 1.18 bits per heavy atom. The van der Waals surface area contributed by atoms with Gasteiger partial charge in [-0.1, -0.05) is 102 Å². The molecular formula is C39H53N5O7. The predicted molar refractivity (Wildman–Crippen MR) is 196 cm³/mol. The van der Waals surface area contributed by atoms with Gasteiger partial charge >= 0.3 is 12.2 Å². The van der Waals surface area contributed by atoms with E-state index >= 15 is 0 Å². The molecule has 0 aliphatic rings. The van der Waals surface area contributed by atoms with Crippen LogP contribution in [0, 0.1) is 10.8 Å². The molecule has 3 aromatic rings. The zero-order chi connectivity index (χ0) is 37.8. The molecule has 1 aromatic heterocycles. The lowest BCUT2D eigenvalue weighted by molar-refractivity contribution is -0.128. The Morgan fingerprint density at radius 3 is 1.67 bits per heavy atom. The van der Waals surface area contributed by atoms with Gasteiger partial charge in [0, 0.05) is 17.8 Å². The van der Waals surface area contributed by atoms with Gasteiger partial charge < -0.3 is 35.8 Å². The summed E-state index contributed by atoms with van der Waals surface area (Å²) in [5.41, 5.74) is 2.14. The van der Waals surface area contributed by atoms with Crippen LogP contribution in [-0.2, 0) is 31.9 Å². The zero-order valence-electron chi connectivity index (χ0n) is 30.9. The fourth-order valence-corrected chi connectivity index (χ4v) is 5.68. The molecule has 0 bridgehead atoms. The first-order valence-electron chi connectivity index (χ1n) is 17.0. The molecule has 1 heterocycles. The molecule has 12 nitrogen and oxygen atoms in total. The summed E-state index contributed by atoms with van der Waals surface area (Å²) in [5.74, 6) is -0.942. The molecule has 0 aliphatic carbocycles. The van der Waals surface area contributed by atoms with E-state index in [4.69, 9.17) is 9.47 Å². The molecule has 51 heavy (non-hydrogen) atoms. The van der Waals surface area contributed by atoms with E-state index in [1.54, 1.807) is 6.20 Å². The second kappa shape index (κ2) is 18.3. The lowest BCUT2D eigenvalue weighted by atomic mass is 9.85. The van der Waals surface area contributed by atoms with E-state index < -0.39 is 65.1 Å². The number of pyridine rings is 1. The van der Waals surface area contributed by atoms with E-state index in [2.05, 4.69) is 26.3 Å². The fraction of sp³-hybridized carbons (Fsp3) is 0.462. The van der Waals surface area contributed by atoms with Gasteiger partial charge in [-0.25, -0.2) is 9.59 Å². The number of carbonyl (C=O) groups excluding carboxylic acids is 4. The summed E-state index contributed by atoms with van der Waals surface area (Å²) < 4.78 is 9.56. The van der Waals surface area contributed by atoms with Crippen LogP contribution in [-0.4, -0.2) is 78.6 Å². The normalized spacial score (nSPS) is 14.5. The summed E-state index contributed by atoms with van der Waals surface area (Å²) in [4.78, 5) is 56.4. The molecule has 0 spiro atoms. The minimum Gasteiger partial charge on any atom is -0.453 e. The number of amides is 4. The third-order valence-electron chi connectivity index (χ3n) is 8.51. The Hall–Kier alpha value is -4.97. The van der Waals surface area contributed by atoms with Crippen LogP contribution in [0.2, 0.25) is 0 Å². The van der Waals surface area contributed by atoms with Crippen molar-refractivity contribution in [1.29, 1.82) is 0 Å². The molecule has 4 amide bonds. The Balaban J connectivity index is 1.96. The molecule has 2 aromatic carbocycles. The minimum absolute atomic E-state index is 0.0468. The summed E-state index contributed by atoms with van der Waals surface area (Å²) in [6.07, 6.45) is -0.262. The van der Waals surface area contributed by atoms with Crippen LogP contribution in [0.25, 0.3) is 11.3 Å². The van der Waals surface area contributed by atoms with Gasteiger partial charge in [-0.3, -0.25) is 14.6 Å². The summed E-state index contributed by atoms with van der Waals surface area (Å²) in [7, 11) is 2.45. The standard InChI is InChI=1S/C39H53N5O7/c1-38(2,3)32(43-36(48)50-7)34(46)41-28(22-26-17-19-27(20-18-26)29-16-12-13-21-40-29)24-31(45)30(23-25-14-10-9-11-15-25)42-35(47)33(39(4,5)6)44-37(49)51-8/h9-21,28,30-33,45H,22-24H2,1-8H3,(H,41,46)(H,42,47)(H,43,48)(H,44,49). The van der Waals surface area contributed by atoms with Gasteiger partial charge in [0.15, 0.2) is 0 Å². The third kappa shape index (κ3) is 12.7. The number of aliphatic hydroxyl groups excluding tert-OH is 1. The number of methoxy groups -OCH3 is 2. The Labute approximate surface area is 301 Å².